The third-order valence-electron chi connectivity index (χ3n) is 4.42. The van der Waals surface area contributed by atoms with Gasteiger partial charge in [-0.1, -0.05) is 12.8 Å². The van der Waals surface area contributed by atoms with Gasteiger partial charge in [-0.2, -0.15) is 0 Å². The zero-order chi connectivity index (χ0) is 15.5. The Balaban J connectivity index is 1.50. The fraction of sp³-hybridized carbons (Fsp3) is 0.562. The summed E-state index contributed by atoms with van der Waals surface area (Å²) in [5, 5.41) is 2.55. The van der Waals surface area contributed by atoms with E-state index in [4.69, 9.17) is 0 Å². The molecule has 6 heteroatoms. The van der Waals surface area contributed by atoms with Gasteiger partial charge in [-0.25, -0.2) is 13.6 Å². The van der Waals surface area contributed by atoms with E-state index in [9.17, 15) is 13.6 Å². The molecule has 3 rings (SSSR count). The zero-order valence-corrected chi connectivity index (χ0v) is 12.5. The summed E-state index contributed by atoms with van der Waals surface area (Å²) in [6.45, 7) is 3.58. The van der Waals surface area contributed by atoms with Crippen molar-refractivity contribution in [1.29, 1.82) is 0 Å². The average Bonchev–Trinajstić information content (AvgIpc) is 2.64. The average molecular weight is 309 g/mol. The van der Waals surface area contributed by atoms with Gasteiger partial charge in [0.05, 0.1) is 0 Å². The van der Waals surface area contributed by atoms with Gasteiger partial charge in [-0.05, 0) is 38.1 Å². The van der Waals surface area contributed by atoms with Crippen LogP contribution in [0.15, 0.2) is 18.2 Å². The number of nitrogens with one attached hydrogen (secondary N) is 1. The Kier molecular flexibility index (Phi) is 4.57. The third-order valence-corrected chi connectivity index (χ3v) is 4.42. The molecule has 1 aromatic rings. The van der Waals surface area contributed by atoms with E-state index < -0.39 is 11.6 Å². The van der Waals surface area contributed by atoms with E-state index in [0.29, 0.717) is 19.1 Å². The maximum atomic E-state index is 13.1. The molecule has 2 amide bonds. The van der Waals surface area contributed by atoms with E-state index in [-0.39, 0.29) is 11.7 Å². The van der Waals surface area contributed by atoms with Crippen LogP contribution in [0.1, 0.15) is 25.7 Å². The second-order valence-corrected chi connectivity index (χ2v) is 6.10. The van der Waals surface area contributed by atoms with Crippen LogP contribution in [0.2, 0.25) is 0 Å². The molecule has 2 aliphatic rings. The van der Waals surface area contributed by atoms with E-state index in [0.717, 1.165) is 31.3 Å². The van der Waals surface area contributed by atoms with Gasteiger partial charge >= 0.3 is 6.03 Å². The first-order valence-corrected chi connectivity index (χ1v) is 7.88. The first-order valence-electron chi connectivity index (χ1n) is 7.88. The first-order chi connectivity index (χ1) is 10.6. The summed E-state index contributed by atoms with van der Waals surface area (Å²) in [5.41, 5.74) is 0.153. The van der Waals surface area contributed by atoms with Crippen molar-refractivity contribution >= 4 is 11.7 Å². The van der Waals surface area contributed by atoms with Gasteiger partial charge in [-0.3, -0.25) is 4.90 Å². The van der Waals surface area contributed by atoms with E-state index in [1.54, 1.807) is 4.90 Å². The highest BCUT2D eigenvalue weighted by molar-refractivity contribution is 5.89. The summed E-state index contributed by atoms with van der Waals surface area (Å²) in [6, 6.07) is 3.15. The molecule has 2 aliphatic heterocycles. The normalized spacial score (nSPS) is 20.4. The monoisotopic (exact) mass is 309 g/mol. The number of hydrogen-bond acceptors (Lipinski definition) is 2. The Hall–Kier alpha value is -1.69. The SMILES string of the molecule is O=C(Nc1cc(F)cc(F)c1)N1CC(N2CCCCCC2)C1. The van der Waals surface area contributed by atoms with E-state index >= 15 is 0 Å². The Bertz CT molecular complexity index is 518. The molecule has 0 spiro atoms. The summed E-state index contributed by atoms with van der Waals surface area (Å²) >= 11 is 0. The van der Waals surface area contributed by atoms with Crippen molar-refractivity contribution in [2.24, 2.45) is 0 Å². The number of nitrogens with zero attached hydrogens (tertiary/aromatic N) is 2. The van der Waals surface area contributed by atoms with Gasteiger partial charge in [0.25, 0.3) is 0 Å². The number of amides is 2. The lowest BCUT2D eigenvalue weighted by Crippen LogP contribution is -2.62. The Morgan fingerprint density at radius 3 is 2.18 bits per heavy atom. The highest BCUT2D eigenvalue weighted by Crippen LogP contribution is 2.21. The molecule has 4 nitrogen and oxygen atoms in total. The zero-order valence-electron chi connectivity index (χ0n) is 12.5. The molecule has 2 heterocycles. The Labute approximate surface area is 129 Å². The quantitative estimate of drug-likeness (QED) is 0.911. The van der Waals surface area contributed by atoms with Crippen LogP contribution in [0, 0.1) is 11.6 Å². The van der Waals surface area contributed by atoms with Crippen molar-refractivity contribution in [3.05, 3.63) is 29.8 Å². The summed E-state index contributed by atoms with van der Waals surface area (Å²) < 4.78 is 26.2. The van der Waals surface area contributed by atoms with Gasteiger partial charge in [-0.15, -0.1) is 0 Å². The van der Waals surface area contributed by atoms with Gasteiger partial charge in [0.15, 0.2) is 0 Å². The number of carbonyl (C=O) groups excluding carboxylic acids is 1. The molecule has 1 aromatic carbocycles. The lowest BCUT2D eigenvalue weighted by Gasteiger charge is -2.45. The van der Waals surface area contributed by atoms with Gasteiger partial charge in [0, 0.05) is 30.9 Å². The second-order valence-electron chi connectivity index (χ2n) is 6.10. The summed E-state index contributed by atoms with van der Waals surface area (Å²) in [7, 11) is 0. The Morgan fingerprint density at radius 1 is 1.00 bits per heavy atom. The van der Waals surface area contributed by atoms with Gasteiger partial charge in [0.2, 0.25) is 0 Å². The number of carbonyl (C=O) groups is 1. The molecule has 1 N–H and O–H groups in total. The molecule has 0 radical (unpaired) electrons. The molecule has 0 unspecified atom stereocenters. The number of rotatable bonds is 2. The highest BCUT2D eigenvalue weighted by atomic mass is 19.1. The summed E-state index contributed by atoms with van der Waals surface area (Å²) in [4.78, 5) is 16.2. The van der Waals surface area contributed by atoms with Crippen LogP contribution in [0.3, 0.4) is 0 Å². The van der Waals surface area contributed by atoms with Crippen molar-refractivity contribution in [2.75, 3.05) is 31.5 Å². The van der Waals surface area contributed by atoms with Crippen molar-refractivity contribution in [2.45, 2.75) is 31.7 Å². The minimum atomic E-state index is -0.693. The van der Waals surface area contributed by atoms with Crippen LogP contribution in [0.25, 0.3) is 0 Å². The molecule has 0 bridgehead atoms. The smallest absolute Gasteiger partial charge is 0.321 e. The van der Waals surface area contributed by atoms with Crippen molar-refractivity contribution < 1.29 is 13.6 Å². The molecule has 22 heavy (non-hydrogen) atoms. The number of likely N-dealkylation sites (tertiary alicyclic amines) is 2. The van der Waals surface area contributed by atoms with Gasteiger partial charge in [0.1, 0.15) is 11.6 Å². The second kappa shape index (κ2) is 6.60. The minimum Gasteiger partial charge on any atom is -0.321 e. The van der Waals surface area contributed by atoms with Crippen LogP contribution in [0.5, 0.6) is 0 Å². The topological polar surface area (TPSA) is 35.6 Å². The molecular weight excluding hydrogens is 288 g/mol. The predicted octanol–water partition coefficient (Wildman–Crippen LogP) is 3.06. The van der Waals surface area contributed by atoms with Crippen molar-refractivity contribution in [1.82, 2.24) is 9.80 Å². The fourth-order valence-electron chi connectivity index (χ4n) is 3.14. The number of benzene rings is 1. The molecule has 0 saturated carbocycles. The van der Waals surface area contributed by atoms with Crippen LogP contribution in [0.4, 0.5) is 19.3 Å². The van der Waals surface area contributed by atoms with Crippen LogP contribution >= 0.6 is 0 Å². The molecule has 0 aliphatic carbocycles. The van der Waals surface area contributed by atoms with Crippen LogP contribution in [-0.4, -0.2) is 48.1 Å². The highest BCUT2D eigenvalue weighted by Gasteiger charge is 2.34. The largest absolute Gasteiger partial charge is 0.321 e. The number of anilines is 1. The third kappa shape index (κ3) is 3.55. The molecule has 2 saturated heterocycles. The van der Waals surface area contributed by atoms with Gasteiger partial charge < -0.3 is 10.2 Å². The molecule has 0 aromatic heterocycles. The first kappa shape index (κ1) is 15.2. The molecule has 2 fully saturated rings. The molecule has 120 valence electrons. The van der Waals surface area contributed by atoms with Crippen LogP contribution in [-0.2, 0) is 0 Å². The Morgan fingerprint density at radius 2 is 1.59 bits per heavy atom. The van der Waals surface area contributed by atoms with Crippen LogP contribution < -0.4 is 5.32 Å². The maximum absolute atomic E-state index is 13.1. The standard InChI is InChI=1S/C16H21F2N3O/c17-12-7-13(18)9-14(8-12)19-16(22)21-10-15(11-21)20-5-3-1-2-4-6-20/h7-9,15H,1-6,10-11H2,(H,19,22). The number of halogens is 2. The summed E-state index contributed by atoms with van der Waals surface area (Å²) in [5.74, 6) is -1.39. The summed E-state index contributed by atoms with van der Waals surface area (Å²) in [6.07, 6.45) is 5.04. The lowest BCUT2D eigenvalue weighted by molar-refractivity contribution is 0.0638. The van der Waals surface area contributed by atoms with E-state index in [1.807, 2.05) is 0 Å². The molecule has 0 atom stereocenters. The predicted molar refractivity (Wildman–Crippen MR) is 80.8 cm³/mol. The maximum Gasteiger partial charge on any atom is 0.321 e. The minimum absolute atomic E-state index is 0.153. The number of hydrogen-bond donors (Lipinski definition) is 1. The van der Waals surface area contributed by atoms with Crippen molar-refractivity contribution in [3.8, 4) is 0 Å². The fourth-order valence-corrected chi connectivity index (χ4v) is 3.14. The van der Waals surface area contributed by atoms with E-state index in [2.05, 4.69) is 10.2 Å². The van der Waals surface area contributed by atoms with Crippen molar-refractivity contribution in [3.63, 3.8) is 0 Å². The lowest BCUT2D eigenvalue weighted by atomic mass is 10.1. The molecular formula is C16H21F2N3O. The number of urea groups is 1. The van der Waals surface area contributed by atoms with E-state index in [1.165, 1.54) is 25.7 Å².